The number of hydrogen-bond acceptors (Lipinski definition) is 2. The molecule has 0 spiro atoms. The largest absolute Gasteiger partial charge is 0.481 e. The Kier molecular flexibility index (Phi) is 3.31. The Morgan fingerprint density at radius 3 is 2.00 bits per heavy atom. The fourth-order valence-electron chi connectivity index (χ4n) is 2.37. The zero-order chi connectivity index (χ0) is 12.6. The van der Waals surface area contributed by atoms with Crippen LogP contribution < -0.4 is 5.32 Å². The van der Waals surface area contributed by atoms with Crippen molar-refractivity contribution in [3.63, 3.8) is 0 Å². The molecule has 4 heteroatoms. The van der Waals surface area contributed by atoms with E-state index in [2.05, 4.69) is 33.0 Å². The van der Waals surface area contributed by atoms with Crippen molar-refractivity contribution >= 4 is 11.9 Å². The molecule has 16 heavy (non-hydrogen) atoms. The fourth-order valence-corrected chi connectivity index (χ4v) is 2.37. The second-order valence-electron chi connectivity index (χ2n) is 5.69. The van der Waals surface area contributed by atoms with Gasteiger partial charge in [0.25, 0.3) is 0 Å². The summed E-state index contributed by atoms with van der Waals surface area (Å²) in [5, 5.41) is 11.2. The highest BCUT2D eigenvalue weighted by molar-refractivity contribution is 5.80. The van der Waals surface area contributed by atoms with Gasteiger partial charge >= 0.3 is 5.97 Å². The van der Waals surface area contributed by atoms with Gasteiger partial charge < -0.3 is 10.4 Å². The highest BCUT2D eigenvalue weighted by atomic mass is 16.4. The van der Waals surface area contributed by atoms with Crippen LogP contribution in [0.25, 0.3) is 0 Å². The van der Waals surface area contributed by atoms with Crippen LogP contribution >= 0.6 is 0 Å². The highest BCUT2D eigenvalue weighted by Gasteiger charge is 2.64. The summed E-state index contributed by atoms with van der Waals surface area (Å²) in [6.45, 7) is 9.43. The molecule has 0 aromatic rings. The van der Waals surface area contributed by atoms with E-state index in [0.717, 1.165) is 0 Å². The Labute approximate surface area is 96.4 Å². The maximum absolute atomic E-state index is 11.3. The van der Waals surface area contributed by atoms with Gasteiger partial charge in [-0.2, -0.15) is 0 Å². The molecular weight excluding hydrogens is 206 g/mol. The molecule has 0 heterocycles. The van der Waals surface area contributed by atoms with Crippen LogP contribution in [0.3, 0.4) is 0 Å². The zero-order valence-corrected chi connectivity index (χ0v) is 10.5. The molecule has 1 aliphatic carbocycles. The molecule has 1 aliphatic rings. The van der Waals surface area contributed by atoms with Crippen LogP contribution in [0.2, 0.25) is 0 Å². The van der Waals surface area contributed by atoms with Crippen molar-refractivity contribution in [2.75, 3.05) is 6.54 Å². The summed E-state index contributed by atoms with van der Waals surface area (Å²) >= 11 is 0. The lowest BCUT2D eigenvalue weighted by atomic mass is 10.0. The maximum Gasteiger partial charge on any atom is 0.303 e. The van der Waals surface area contributed by atoms with Crippen molar-refractivity contribution in [3.8, 4) is 0 Å². The first-order valence-electron chi connectivity index (χ1n) is 5.68. The minimum absolute atomic E-state index is 0.0723. The first-order chi connectivity index (χ1) is 7.19. The van der Waals surface area contributed by atoms with E-state index in [9.17, 15) is 9.59 Å². The van der Waals surface area contributed by atoms with Gasteiger partial charge in [0.2, 0.25) is 5.91 Å². The van der Waals surface area contributed by atoms with Crippen LogP contribution in [0.1, 0.15) is 40.5 Å². The standard InChI is InChI=1S/C12H21NO3/c1-11(2)8(12(11,3)4)7-13-9(14)5-6-10(15)16/h8H,5-7H2,1-4H3,(H,13,14)(H,15,16). The fraction of sp³-hybridized carbons (Fsp3) is 0.833. The van der Waals surface area contributed by atoms with Crippen LogP contribution in [0.5, 0.6) is 0 Å². The topological polar surface area (TPSA) is 66.4 Å². The van der Waals surface area contributed by atoms with Gasteiger partial charge in [0, 0.05) is 13.0 Å². The van der Waals surface area contributed by atoms with Crippen molar-refractivity contribution in [2.24, 2.45) is 16.7 Å². The monoisotopic (exact) mass is 227 g/mol. The van der Waals surface area contributed by atoms with Gasteiger partial charge in [0.15, 0.2) is 0 Å². The van der Waals surface area contributed by atoms with E-state index in [0.29, 0.717) is 12.5 Å². The molecule has 0 saturated heterocycles. The second kappa shape index (κ2) is 4.07. The molecular formula is C12H21NO3. The smallest absolute Gasteiger partial charge is 0.303 e. The summed E-state index contributed by atoms with van der Waals surface area (Å²) in [5.41, 5.74) is 0.514. The Balaban J connectivity index is 2.27. The van der Waals surface area contributed by atoms with Crippen molar-refractivity contribution in [3.05, 3.63) is 0 Å². The average molecular weight is 227 g/mol. The third-order valence-corrected chi connectivity index (χ3v) is 4.39. The number of hydrogen-bond donors (Lipinski definition) is 2. The van der Waals surface area contributed by atoms with Crippen LogP contribution in [0, 0.1) is 16.7 Å². The molecule has 1 rings (SSSR count). The minimum Gasteiger partial charge on any atom is -0.481 e. The first-order valence-corrected chi connectivity index (χ1v) is 5.68. The summed E-state index contributed by atoms with van der Waals surface area (Å²) in [6, 6.07) is 0. The van der Waals surface area contributed by atoms with E-state index < -0.39 is 5.97 Å². The molecule has 0 radical (unpaired) electrons. The molecule has 0 unspecified atom stereocenters. The highest BCUT2D eigenvalue weighted by Crippen LogP contribution is 2.67. The number of carboxylic acids is 1. The average Bonchev–Trinajstić information content (AvgIpc) is 2.51. The van der Waals surface area contributed by atoms with E-state index >= 15 is 0 Å². The van der Waals surface area contributed by atoms with Crippen LogP contribution in [-0.2, 0) is 9.59 Å². The molecule has 0 bridgehead atoms. The molecule has 0 atom stereocenters. The van der Waals surface area contributed by atoms with Crippen molar-refractivity contribution in [2.45, 2.75) is 40.5 Å². The van der Waals surface area contributed by atoms with E-state index in [1.165, 1.54) is 0 Å². The summed E-state index contributed by atoms with van der Waals surface area (Å²) in [5.74, 6) is -0.614. The van der Waals surface area contributed by atoms with Crippen LogP contribution in [-0.4, -0.2) is 23.5 Å². The maximum atomic E-state index is 11.3. The quantitative estimate of drug-likeness (QED) is 0.750. The van der Waals surface area contributed by atoms with Crippen molar-refractivity contribution in [1.82, 2.24) is 5.32 Å². The molecule has 0 aromatic carbocycles. The van der Waals surface area contributed by atoms with Gasteiger partial charge in [-0.1, -0.05) is 27.7 Å². The van der Waals surface area contributed by atoms with Gasteiger partial charge in [0.1, 0.15) is 0 Å². The Morgan fingerprint density at radius 1 is 1.12 bits per heavy atom. The number of carbonyl (C=O) groups is 2. The zero-order valence-electron chi connectivity index (χ0n) is 10.5. The lowest BCUT2D eigenvalue weighted by molar-refractivity contribution is -0.138. The molecule has 92 valence electrons. The van der Waals surface area contributed by atoms with E-state index in [4.69, 9.17) is 5.11 Å². The number of nitrogens with one attached hydrogen (secondary N) is 1. The van der Waals surface area contributed by atoms with Gasteiger partial charge in [-0.05, 0) is 16.7 Å². The second-order valence-corrected chi connectivity index (χ2v) is 5.69. The lowest BCUT2D eigenvalue weighted by Gasteiger charge is -2.05. The normalized spacial score (nSPS) is 21.5. The minimum atomic E-state index is -0.928. The van der Waals surface area contributed by atoms with Crippen molar-refractivity contribution in [1.29, 1.82) is 0 Å². The predicted molar refractivity (Wildman–Crippen MR) is 60.9 cm³/mol. The molecule has 0 aliphatic heterocycles. The van der Waals surface area contributed by atoms with Gasteiger partial charge in [0.05, 0.1) is 6.42 Å². The third kappa shape index (κ3) is 2.36. The molecule has 2 N–H and O–H groups in total. The van der Waals surface area contributed by atoms with Gasteiger partial charge in [-0.25, -0.2) is 0 Å². The number of carbonyl (C=O) groups excluding carboxylic acids is 1. The summed E-state index contributed by atoms with van der Waals surface area (Å²) in [7, 11) is 0. The first kappa shape index (κ1) is 13.0. The number of aliphatic carboxylic acids is 1. The van der Waals surface area contributed by atoms with E-state index in [1.54, 1.807) is 0 Å². The van der Waals surface area contributed by atoms with Crippen LogP contribution in [0.4, 0.5) is 0 Å². The Morgan fingerprint density at radius 2 is 1.62 bits per heavy atom. The number of amides is 1. The van der Waals surface area contributed by atoms with Gasteiger partial charge in [-0.3, -0.25) is 9.59 Å². The molecule has 4 nitrogen and oxygen atoms in total. The predicted octanol–water partition coefficient (Wildman–Crippen LogP) is 1.65. The molecule has 1 fully saturated rings. The third-order valence-electron chi connectivity index (χ3n) is 4.39. The van der Waals surface area contributed by atoms with Gasteiger partial charge in [-0.15, -0.1) is 0 Å². The van der Waals surface area contributed by atoms with E-state index in [1.807, 2.05) is 0 Å². The molecule has 1 saturated carbocycles. The SMILES string of the molecule is CC1(C)C(CNC(=O)CCC(=O)O)C1(C)C. The van der Waals surface area contributed by atoms with Crippen LogP contribution in [0.15, 0.2) is 0 Å². The molecule has 0 aromatic heterocycles. The summed E-state index contributed by atoms with van der Waals surface area (Å²) < 4.78 is 0. The summed E-state index contributed by atoms with van der Waals surface area (Å²) in [4.78, 5) is 21.6. The number of rotatable bonds is 5. The Hall–Kier alpha value is -1.06. The molecule has 1 amide bonds. The lowest BCUT2D eigenvalue weighted by Crippen LogP contribution is -2.27. The Bertz CT molecular complexity index is 293. The number of carboxylic acid groups (broad SMARTS) is 1. The van der Waals surface area contributed by atoms with Crippen molar-refractivity contribution < 1.29 is 14.7 Å². The summed E-state index contributed by atoms with van der Waals surface area (Å²) in [6.07, 6.45) is -0.0216. The van der Waals surface area contributed by atoms with E-state index in [-0.39, 0.29) is 29.6 Å².